The van der Waals surface area contributed by atoms with Gasteiger partial charge in [-0.15, -0.1) is 0 Å². The van der Waals surface area contributed by atoms with Crippen molar-refractivity contribution < 1.29 is 24.1 Å². The lowest BCUT2D eigenvalue weighted by Gasteiger charge is -2.33. The summed E-state index contributed by atoms with van der Waals surface area (Å²) in [6.45, 7) is 5.91. The molecule has 2 aromatic carbocycles. The van der Waals surface area contributed by atoms with Gasteiger partial charge in [0.15, 0.2) is 0 Å². The topological polar surface area (TPSA) is 89.3 Å². The average molecular weight is 523 g/mol. The Morgan fingerprint density at radius 1 is 1.03 bits per heavy atom. The molecule has 1 saturated heterocycles. The zero-order valence-electron chi connectivity index (χ0n) is 22.3. The monoisotopic (exact) mass is 522 g/mol. The molecule has 38 heavy (non-hydrogen) atoms. The summed E-state index contributed by atoms with van der Waals surface area (Å²) in [5.41, 5.74) is -0.124. The van der Waals surface area contributed by atoms with E-state index in [4.69, 9.17) is 14.2 Å². The molecule has 0 saturated carbocycles. The van der Waals surface area contributed by atoms with Crippen molar-refractivity contribution >= 4 is 5.91 Å². The molecule has 0 aliphatic carbocycles. The number of hydrogen-bond donors (Lipinski definition) is 1. The van der Waals surface area contributed by atoms with Gasteiger partial charge in [0.1, 0.15) is 36.1 Å². The van der Waals surface area contributed by atoms with Crippen LogP contribution >= 0.6 is 0 Å². The fraction of sp³-hybridized carbons (Fsp3) is 0.448. The summed E-state index contributed by atoms with van der Waals surface area (Å²) in [6.07, 6.45) is 4.69. The predicted octanol–water partition coefficient (Wildman–Crippen LogP) is 2.76. The molecule has 1 atom stereocenters. The Labute approximate surface area is 224 Å². The van der Waals surface area contributed by atoms with Crippen molar-refractivity contribution in [3.05, 3.63) is 78.4 Å². The molecule has 0 bridgehead atoms. The molecular weight excluding hydrogens is 484 g/mol. The minimum Gasteiger partial charge on any atom is -0.494 e. The number of aryl methyl sites for hydroxylation is 2. The van der Waals surface area contributed by atoms with Gasteiger partial charge in [-0.2, -0.15) is 0 Å². The van der Waals surface area contributed by atoms with Crippen LogP contribution in [0.5, 0.6) is 11.5 Å². The Morgan fingerprint density at radius 3 is 2.50 bits per heavy atom. The third-order valence-corrected chi connectivity index (χ3v) is 6.63. The molecule has 1 fully saturated rings. The molecule has 1 N–H and O–H groups in total. The largest absolute Gasteiger partial charge is 0.494 e. The van der Waals surface area contributed by atoms with Gasteiger partial charge >= 0.3 is 0 Å². The first kappa shape index (κ1) is 27.6. The Kier molecular flexibility index (Phi) is 9.75. The van der Waals surface area contributed by atoms with Gasteiger partial charge in [0, 0.05) is 52.2 Å². The lowest BCUT2D eigenvalue weighted by atomic mass is 10.0. The van der Waals surface area contributed by atoms with Crippen LogP contribution in [0.2, 0.25) is 0 Å². The molecule has 1 aliphatic rings. The maximum Gasteiger partial charge on any atom is 0.248 e. The average Bonchev–Trinajstić information content (AvgIpc) is 3.25. The number of amides is 1. The van der Waals surface area contributed by atoms with Gasteiger partial charge < -0.3 is 28.8 Å². The van der Waals surface area contributed by atoms with E-state index in [1.807, 2.05) is 73.9 Å². The van der Waals surface area contributed by atoms with E-state index in [9.17, 15) is 9.90 Å². The molecule has 0 radical (unpaired) electrons. The molecule has 1 amide bonds. The van der Waals surface area contributed by atoms with Crippen molar-refractivity contribution in [1.82, 2.24) is 19.4 Å². The highest BCUT2D eigenvalue weighted by molar-refractivity contribution is 5.77. The zero-order valence-corrected chi connectivity index (χ0v) is 22.3. The predicted molar refractivity (Wildman–Crippen MR) is 144 cm³/mol. The first-order valence-corrected chi connectivity index (χ1v) is 13.0. The molecule has 0 spiro atoms. The number of methoxy groups -OCH3 is 1. The molecule has 1 aliphatic heterocycles. The second kappa shape index (κ2) is 13.4. The summed E-state index contributed by atoms with van der Waals surface area (Å²) < 4.78 is 19.0. The van der Waals surface area contributed by atoms with E-state index in [0.717, 1.165) is 30.1 Å². The third-order valence-electron chi connectivity index (χ3n) is 6.63. The molecule has 3 aromatic rings. The van der Waals surface area contributed by atoms with Crippen molar-refractivity contribution in [2.24, 2.45) is 0 Å². The number of β-amino-alcohol motifs (C(OH)–C–C–N with tert-alkyl or cyclic N) is 1. The Morgan fingerprint density at radius 2 is 1.79 bits per heavy atom. The summed E-state index contributed by atoms with van der Waals surface area (Å²) in [5, 5.41) is 11.6. The van der Waals surface area contributed by atoms with E-state index in [1.54, 1.807) is 4.90 Å². The number of ether oxygens (including phenoxy) is 3. The third kappa shape index (κ3) is 8.05. The molecule has 0 unspecified atom stereocenters. The summed E-state index contributed by atoms with van der Waals surface area (Å²) in [5.74, 6) is 2.38. The number of imidazole rings is 1. The highest BCUT2D eigenvalue weighted by Gasteiger charge is 2.37. The van der Waals surface area contributed by atoms with Gasteiger partial charge in [-0.3, -0.25) is 9.69 Å². The van der Waals surface area contributed by atoms with Gasteiger partial charge in [-0.05, 0) is 43.2 Å². The van der Waals surface area contributed by atoms with E-state index in [2.05, 4.69) is 14.5 Å². The Bertz CT molecular complexity index is 1140. The highest BCUT2D eigenvalue weighted by atomic mass is 16.5. The van der Waals surface area contributed by atoms with Crippen LogP contribution in [0.15, 0.2) is 67.0 Å². The van der Waals surface area contributed by atoms with Gasteiger partial charge in [-0.1, -0.05) is 30.3 Å². The highest BCUT2D eigenvalue weighted by Crippen LogP contribution is 2.21. The van der Waals surface area contributed by atoms with E-state index in [1.165, 1.54) is 7.11 Å². The molecule has 2 heterocycles. The Hall–Kier alpha value is -3.40. The summed E-state index contributed by atoms with van der Waals surface area (Å²) in [6, 6.07) is 17.5. The molecule has 4 rings (SSSR count). The number of rotatable bonds is 12. The maximum atomic E-state index is 12.6. The molecule has 9 nitrogen and oxygen atoms in total. The Balaban J connectivity index is 1.33. The number of para-hydroxylation sites is 1. The van der Waals surface area contributed by atoms with E-state index in [-0.39, 0.29) is 25.7 Å². The van der Waals surface area contributed by atoms with Crippen LogP contribution in [0.25, 0.3) is 0 Å². The van der Waals surface area contributed by atoms with Gasteiger partial charge in [0.25, 0.3) is 0 Å². The fourth-order valence-electron chi connectivity index (χ4n) is 4.64. The van der Waals surface area contributed by atoms with Crippen LogP contribution < -0.4 is 9.47 Å². The van der Waals surface area contributed by atoms with Gasteiger partial charge in [0.2, 0.25) is 5.91 Å². The number of nitrogens with zero attached hydrogens (tertiary/aromatic N) is 4. The summed E-state index contributed by atoms with van der Waals surface area (Å²) in [4.78, 5) is 20.7. The van der Waals surface area contributed by atoms with E-state index < -0.39 is 5.60 Å². The number of carbonyl (C=O) groups is 1. The minimum absolute atomic E-state index is 0.0149. The molecule has 204 valence electrons. The van der Waals surface area contributed by atoms with Gasteiger partial charge in [-0.25, -0.2) is 4.98 Å². The lowest BCUT2D eigenvalue weighted by Crippen LogP contribution is -2.52. The second-order valence-electron chi connectivity index (χ2n) is 9.80. The van der Waals surface area contributed by atoms with Crippen molar-refractivity contribution in [3.8, 4) is 11.5 Å². The van der Waals surface area contributed by atoms with Crippen LogP contribution in [0.4, 0.5) is 0 Å². The summed E-state index contributed by atoms with van der Waals surface area (Å²) in [7, 11) is 1.50. The molecule has 1 aromatic heterocycles. The van der Waals surface area contributed by atoms with Crippen LogP contribution in [0.1, 0.15) is 17.8 Å². The van der Waals surface area contributed by atoms with E-state index in [0.29, 0.717) is 38.5 Å². The first-order chi connectivity index (χ1) is 18.4. The smallest absolute Gasteiger partial charge is 0.248 e. The van der Waals surface area contributed by atoms with Crippen molar-refractivity contribution in [2.75, 3.05) is 53.1 Å². The number of carbonyl (C=O) groups excluding carboxylic acids is 1. The standard InChI is InChI=1S/C29H38N4O5/c1-24-30-13-15-32(24)14-6-18-37-27-11-9-25(10-12-27)19-31-16-17-33(28(34)20-36-2)22-29(35,21-31)23-38-26-7-4-3-5-8-26/h3-5,7-13,15,35H,6,14,16-23H2,1-2H3/t29-/m0/s1. The fourth-order valence-corrected chi connectivity index (χ4v) is 4.64. The zero-order chi connectivity index (χ0) is 26.8. The van der Waals surface area contributed by atoms with Crippen molar-refractivity contribution in [2.45, 2.75) is 32.0 Å². The maximum absolute atomic E-state index is 12.6. The van der Waals surface area contributed by atoms with Crippen molar-refractivity contribution in [1.29, 1.82) is 0 Å². The normalized spacial score (nSPS) is 18.2. The quantitative estimate of drug-likeness (QED) is 0.366. The van der Waals surface area contributed by atoms with Crippen molar-refractivity contribution in [3.63, 3.8) is 0 Å². The van der Waals surface area contributed by atoms with Gasteiger partial charge in [0.05, 0.1) is 13.2 Å². The summed E-state index contributed by atoms with van der Waals surface area (Å²) >= 11 is 0. The number of aromatic nitrogens is 2. The number of benzene rings is 2. The second-order valence-corrected chi connectivity index (χ2v) is 9.80. The van der Waals surface area contributed by atoms with Crippen LogP contribution in [-0.2, 0) is 22.6 Å². The van der Waals surface area contributed by atoms with Crippen LogP contribution in [-0.4, -0.2) is 89.1 Å². The molecular formula is C29H38N4O5. The number of hydrogen-bond acceptors (Lipinski definition) is 7. The molecule has 9 heteroatoms. The van der Waals surface area contributed by atoms with Crippen LogP contribution in [0, 0.1) is 6.92 Å². The van der Waals surface area contributed by atoms with E-state index >= 15 is 0 Å². The first-order valence-electron chi connectivity index (χ1n) is 13.0. The SMILES string of the molecule is COCC(=O)N1CCN(Cc2ccc(OCCCn3ccnc3C)cc2)C[C@@](O)(COc2ccccc2)C1. The lowest BCUT2D eigenvalue weighted by molar-refractivity contribution is -0.138. The van der Waals surface area contributed by atoms with Crippen LogP contribution in [0.3, 0.4) is 0 Å². The number of aliphatic hydroxyl groups is 1. The minimum atomic E-state index is -1.23.